The minimum atomic E-state index is -0.165. The zero-order valence-electron chi connectivity index (χ0n) is 12.4. The third-order valence-electron chi connectivity index (χ3n) is 3.42. The first-order valence-corrected chi connectivity index (χ1v) is 7.69. The molecule has 1 amide bonds. The second kappa shape index (κ2) is 7.22. The fourth-order valence-corrected chi connectivity index (χ4v) is 2.38. The van der Waals surface area contributed by atoms with Gasteiger partial charge in [0.15, 0.2) is 0 Å². The molecule has 2 aromatic rings. The summed E-state index contributed by atoms with van der Waals surface area (Å²) in [6.07, 6.45) is 3.99. The molecule has 0 fully saturated rings. The predicted molar refractivity (Wildman–Crippen MR) is 93.7 cm³/mol. The van der Waals surface area contributed by atoms with E-state index in [9.17, 15) is 4.79 Å². The van der Waals surface area contributed by atoms with E-state index in [1.165, 1.54) is 0 Å². The molecule has 4 nitrogen and oxygen atoms in total. The maximum absolute atomic E-state index is 12.0. The molecule has 2 aromatic carbocycles. The van der Waals surface area contributed by atoms with Crippen molar-refractivity contribution in [2.75, 3.05) is 11.6 Å². The summed E-state index contributed by atoms with van der Waals surface area (Å²) >= 11 is 5.83. The van der Waals surface area contributed by atoms with Crippen molar-refractivity contribution >= 4 is 28.9 Å². The average Bonchev–Trinajstić information content (AvgIpc) is 2.58. The second-order valence-electron chi connectivity index (χ2n) is 5.16. The van der Waals surface area contributed by atoms with Crippen molar-refractivity contribution in [2.24, 2.45) is 4.99 Å². The normalized spacial score (nSPS) is 15.9. The summed E-state index contributed by atoms with van der Waals surface area (Å²) in [4.78, 5) is 16.2. The molecule has 3 rings (SSSR count). The van der Waals surface area contributed by atoms with Crippen LogP contribution in [0.15, 0.2) is 71.9 Å². The van der Waals surface area contributed by atoms with Gasteiger partial charge in [-0.25, -0.2) is 10.4 Å². The van der Waals surface area contributed by atoms with E-state index in [1.807, 2.05) is 59.7 Å². The largest absolute Gasteiger partial charge is 0.284 e. The Hall–Kier alpha value is -2.43. The highest BCUT2D eigenvalue weighted by Gasteiger charge is 2.10. The van der Waals surface area contributed by atoms with Gasteiger partial charge in [-0.15, -0.1) is 0 Å². The highest BCUT2D eigenvalue weighted by molar-refractivity contribution is 6.30. The number of benzene rings is 2. The lowest BCUT2D eigenvalue weighted by Crippen LogP contribution is -2.40. The van der Waals surface area contributed by atoms with Crippen LogP contribution >= 0.6 is 11.6 Å². The van der Waals surface area contributed by atoms with Crippen LogP contribution in [-0.4, -0.2) is 18.2 Å². The number of anilines is 1. The second-order valence-corrected chi connectivity index (χ2v) is 5.59. The minimum Gasteiger partial charge on any atom is -0.284 e. The van der Waals surface area contributed by atoms with Crippen LogP contribution in [0.25, 0.3) is 0 Å². The summed E-state index contributed by atoms with van der Waals surface area (Å²) in [5.41, 5.74) is 5.87. The maximum atomic E-state index is 12.0. The molecule has 0 atom stereocenters. The van der Waals surface area contributed by atoms with Crippen LogP contribution in [-0.2, 0) is 11.2 Å². The SMILES string of the molecule is O=C(Cc1ccc(Cl)cc1)N=C1C=CN(c2ccccc2)NC1. The van der Waals surface area contributed by atoms with Crippen molar-refractivity contribution in [1.82, 2.24) is 5.43 Å². The van der Waals surface area contributed by atoms with E-state index in [2.05, 4.69) is 10.4 Å². The number of hydrogen-bond donors (Lipinski definition) is 1. The molecule has 0 spiro atoms. The molecule has 0 saturated carbocycles. The summed E-state index contributed by atoms with van der Waals surface area (Å²) in [6, 6.07) is 17.2. The molecule has 1 aliphatic rings. The van der Waals surface area contributed by atoms with Crippen LogP contribution in [0.4, 0.5) is 5.69 Å². The van der Waals surface area contributed by atoms with Gasteiger partial charge in [-0.3, -0.25) is 9.80 Å². The summed E-state index contributed by atoms with van der Waals surface area (Å²) in [5, 5.41) is 2.57. The van der Waals surface area contributed by atoms with Gasteiger partial charge in [-0.1, -0.05) is 41.9 Å². The van der Waals surface area contributed by atoms with E-state index < -0.39 is 0 Å². The highest BCUT2D eigenvalue weighted by Crippen LogP contribution is 2.13. The van der Waals surface area contributed by atoms with Gasteiger partial charge >= 0.3 is 0 Å². The van der Waals surface area contributed by atoms with Crippen molar-refractivity contribution in [3.05, 3.63) is 77.5 Å². The molecule has 1 N–H and O–H groups in total. The number of carbonyl (C=O) groups is 1. The molecule has 0 bridgehead atoms. The van der Waals surface area contributed by atoms with Gasteiger partial charge in [-0.05, 0) is 35.9 Å². The molecule has 1 aliphatic heterocycles. The van der Waals surface area contributed by atoms with Crippen molar-refractivity contribution < 1.29 is 4.79 Å². The number of nitrogens with zero attached hydrogens (tertiary/aromatic N) is 2. The first kappa shape index (κ1) is 15.5. The predicted octanol–water partition coefficient (Wildman–Crippen LogP) is 3.39. The zero-order chi connectivity index (χ0) is 16.1. The van der Waals surface area contributed by atoms with Crippen molar-refractivity contribution in [2.45, 2.75) is 6.42 Å². The topological polar surface area (TPSA) is 44.7 Å². The molecule has 1 heterocycles. The van der Waals surface area contributed by atoms with E-state index in [1.54, 1.807) is 12.1 Å². The first-order valence-electron chi connectivity index (χ1n) is 7.31. The van der Waals surface area contributed by atoms with Gasteiger partial charge in [0, 0.05) is 11.2 Å². The van der Waals surface area contributed by atoms with Crippen LogP contribution in [0, 0.1) is 0 Å². The summed E-state index contributed by atoms with van der Waals surface area (Å²) in [7, 11) is 0. The van der Waals surface area contributed by atoms with E-state index in [0.717, 1.165) is 17.0 Å². The Labute approximate surface area is 140 Å². The molecule has 116 valence electrons. The summed E-state index contributed by atoms with van der Waals surface area (Å²) < 4.78 is 0. The van der Waals surface area contributed by atoms with E-state index in [4.69, 9.17) is 11.6 Å². The molecule has 5 heteroatoms. The monoisotopic (exact) mass is 325 g/mol. The Bertz CT molecular complexity index is 739. The molecule has 23 heavy (non-hydrogen) atoms. The molecule has 0 radical (unpaired) electrons. The quantitative estimate of drug-likeness (QED) is 0.940. The third kappa shape index (κ3) is 4.28. The number of hydrogen-bond acceptors (Lipinski definition) is 3. The fourth-order valence-electron chi connectivity index (χ4n) is 2.26. The third-order valence-corrected chi connectivity index (χ3v) is 3.67. The lowest BCUT2D eigenvalue weighted by atomic mass is 10.1. The van der Waals surface area contributed by atoms with Gasteiger partial charge in [0.1, 0.15) is 0 Å². The van der Waals surface area contributed by atoms with Gasteiger partial charge in [0.25, 0.3) is 0 Å². The smallest absolute Gasteiger partial charge is 0.250 e. The van der Waals surface area contributed by atoms with Gasteiger partial charge in [0.05, 0.1) is 24.4 Å². The number of hydrazine groups is 1. The number of amides is 1. The molecular weight excluding hydrogens is 310 g/mol. The van der Waals surface area contributed by atoms with E-state index in [-0.39, 0.29) is 12.3 Å². The van der Waals surface area contributed by atoms with Crippen molar-refractivity contribution in [3.8, 4) is 0 Å². The van der Waals surface area contributed by atoms with Crippen LogP contribution in [0.2, 0.25) is 5.02 Å². The fraction of sp³-hybridized carbons (Fsp3) is 0.111. The Kier molecular flexibility index (Phi) is 4.86. The van der Waals surface area contributed by atoms with E-state index in [0.29, 0.717) is 11.6 Å². The van der Waals surface area contributed by atoms with E-state index >= 15 is 0 Å². The molecule has 0 aliphatic carbocycles. The first-order chi connectivity index (χ1) is 11.2. The van der Waals surface area contributed by atoms with Gasteiger partial charge < -0.3 is 0 Å². The van der Waals surface area contributed by atoms with Crippen LogP contribution in [0.1, 0.15) is 5.56 Å². The zero-order valence-corrected chi connectivity index (χ0v) is 13.2. The Morgan fingerprint density at radius 1 is 1.13 bits per heavy atom. The molecule has 0 unspecified atom stereocenters. The maximum Gasteiger partial charge on any atom is 0.250 e. The Balaban J connectivity index is 1.63. The van der Waals surface area contributed by atoms with Crippen molar-refractivity contribution in [1.29, 1.82) is 0 Å². The van der Waals surface area contributed by atoms with Crippen LogP contribution < -0.4 is 10.4 Å². The number of para-hydroxylation sites is 1. The van der Waals surface area contributed by atoms with Gasteiger partial charge in [-0.2, -0.15) is 0 Å². The minimum absolute atomic E-state index is 0.165. The van der Waals surface area contributed by atoms with Crippen LogP contribution in [0.5, 0.6) is 0 Å². The van der Waals surface area contributed by atoms with Crippen molar-refractivity contribution in [3.63, 3.8) is 0 Å². The lowest BCUT2D eigenvalue weighted by molar-refractivity contribution is -0.117. The average molecular weight is 326 g/mol. The molecular formula is C18H16ClN3O. The number of rotatable bonds is 3. The Morgan fingerprint density at radius 3 is 2.52 bits per heavy atom. The Morgan fingerprint density at radius 2 is 1.87 bits per heavy atom. The summed E-state index contributed by atoms with van der Waals surface area (Å²) in [5.74, 6) is -0.165. The van der Waals surface area contributed by atoms with Crippen LogP contribution in [0.3, 0.4) is 0 Å². The number of aliphatic imine (C=N–C) groups is 1. The number of nitrogens with one attached hydrogen (secondary N) is 1. The lowest BCUT2D eigenvalue weighted by Gasteiger charge is -2.25. The van der Waals surface area contributed by atoms with Gasteiger partial charge in [0.2, 0.25) is 5.91 Å². The number of halogens is 1. The highest BCUT2D eigenvalue weighted by atomic mass is 35.5. The summed E-state index contributed by atoms with van der Waals surface area (Å²) in [6.45, 7) is 0.512. The number of carbonyl (C=O) groups excluding carboxylic acids is 1. The molecule has 0 saturated heterocycles. The standard InChI is InChI=1S/C18H16ClN3O/c19-15-8-6-14(7-9-15)12-18(23)21-16-10-11-22(20-13-16)17-4-2-1-3-5-17/h1-11,20H,12-13H2. The molecule has 0 aromatic heterocycles.